The van der Waals surface area contributed by atoms with Crippen molar-refractivity contribution in [3.63, 3.8) is 0 Å². The van der Waals surface area contributed by atoms with Gasteiger partial charge in [0.05, 0.1) is 28.6 Å². The van der Waals surface area contributed by atoms with Crippen molar-refractivity contribution < 1.29 is 14.7 Å². The van der Waals surface area contributed by atoms with E-state index in [4.69, 9.17) is 11.6 Å². The lowest BCUT2D eigenvalue weighted by Crippen LogP contribution is -2.15. The number of benzene rings is 1. The Morgan fingerprint density at radius 2 is 1.93 bits per heavy atom. The summed E-state index contributed by atoms with van der Waals surface area (Å²) in [6.45, 7) is 0. The van der Waals surface area contributed by atoms with E-state index < -0.39 is 11.9 Å². The normalized spacial score (nSPS) is 10.7. The SMILES string of the molecule is O=C(Nc1csc(-c2cnn(-c3ccc(Cl)cc3)c2)c1C(=O)O)c1cnccn1. The van der Waals surface area contributed by atoms with Gasteiger partial charge in [0.1, 0.15) is 11.3 Å². The number of carbonyl (C=O) groups is 2. The zero-order chi connectivity index (χ0) is 20.4. The molecule has 0 spiro atoms. The smallest absolute Gasteiger partial charge is 0.339 e. The van der Waals surface area contributed by atoms with Gasteiger partial charge in [-0.3, -0.25) is 9.78 Å². The zero-order valence-corrected chi connectivity index (χ0v) is 16.2. The average molecular weight is 426 g/mol. The summed E-state index contributed by atoms with van der Waals surface area (Å²) in [7, 11) is 0. The average Bonchev–Trinajstić information content (AvgIpc) is 3.36. The number of amides is 1. The van der Waals surface area contributed by atoms with Crippen molar-refractivity contribution in [1.82, 2.24) is 19.7 Å². The van der Waals surface area contributed by atoms with Gasteiger partial charge in [-0.15, -0.1) is 11.3 Å². The number of carboxylic acid groups (broad SMARTS) is 1. The number of carbonyl (C=O) groups excluding carboxylic acids is 1. The van der Waals surface area contributed by atoms with Crippen molar-refractivity contribution in [2.45, 2.75) is 0 Å². The maximum absolute atomic E-state index is 12.3. The molecular formula is C19H12ClN5O3S. The Morgan fingerprint density at radius 3 is 2.62 bits per heavy atom. The largest absolute Gasteiger partial charge is 0.478 e. The third-order valence-electron chi connectivity index (χ3n) is 3.98. The number of aromatic nitrogens is 4. The van der Waals surface area contributed by atoms with E-state index >= 15 is 0 Å². The summed E-state index contributed by atoms with van der Waals surface area (Å²) in [4.78, 5) is 32.5. The Bertz CT molecular complexity index is 1190. The van der Waals surface area contributed by atoms with E-state index in [2.05, 4.69) is 20.4 Å². The van der Waals surface area contributed by atoms with Gasteiger partial charge in [-0.2, -0.15) is 5.10 Å². The van der Waals surface area contributed by atoms with Gasteiger partial charge in [-0.1, -0.05) is 11.6 Å². The van der Waals surface area contributed by atoms with Crippen LogP contribution in [-0.4, -0.2) is 36.7 Å². The van der Waals surface area contributed by atoms with E-state index in [0.29, 0.717) is 15.5 Å². The highest BCUT2D eigenvalue weighted by atomic mass is 35.5. The summed E-state index contributed by atoms with van der Waals surface area (Å²) in [6.07, 6.45) is 7.42. The maximum atomic E-state index is 12.3. The molecule has 0 saturated heterocycles. The highest BCUT2D eigenvalue weighted by Gasteiger charge is 2.22. The number of aromatic carboxylic acids is 1. The van der Waals surface area contributed by atoms with Crippen molar-refractivity contribution >= 4 is 40.5 Å². The lowest BCUT2D eigenvalue weighted by atomic mass is 10.1. The highest BCUT2D eigenvalue weighted by Crippen LogP contribution is 2.36. The van der Waals surface area contributed by atoms with Crippen LogP contribution in [0.1, 0.15) is 20.8 Å². The van der Waals surface area contributed by atoms with Gasteiger partial charge in [-0.25, -0.2) is 14.5 Å². The molecule has 0 radical (unpaired) electrons. The number of hydrogen-bond donors (Lipinski definition) is 2. The van der Waals surface area contributed by atoms with Gasteiger partial charge < -0.3 is 10.4 Å². The molecule has 0 bridgehead atoms. The van der Waals surface area contributed by atoms with E-state index in [9.17, 15) is 14.7 Å². The quantitative estimate of drug-likeness (QED) is 0.500. The molecule has 4 rings (SSSR count). The lowest BCUT2D eigenvalue weighted by molar-refractivity contribution is 0.0699. The molecule has 0 unspecified atom stereocenters. The first-order valence-electron chi connectivity index (χ1n) is 8.26. The van der Waals surface area contributed by atoms with Crippen LogP contribution in [0.4, 0.5) is 5.69 Å². The Kier molecular flexibility index (Phi) is 5.07. The van der Waals surface area contributed by atoms with Gasteiger partial charge in [0.15, 0.2) is 0 Å². The summed E-state index contributed by atoms with van der Waals surface area (Å²) in [5, 5.41) is 18.8. The van der Waals surface area contributed by atoms with Crippen LogP contribution in [0.25, 0.3) is 16.1 Å². The third-order valence-corrected chi connectivity index (χ3v) is 5.27. The predicted molar refractivity (Wildman–Crippen MR) is 109 cm³/mol. The fourth-order valence-corrected chi connectivity index (χ4v) is 3.75. The minimum atomic E-state index is -1.16. The number of halogens is 1. The van der Waals surface area contributed by atoms with Gasteiger partial charge in [-0.05, 0) is 24.3 Å². The van der Waals surface area contributed by atoms with Crippen LogP contribution < -0.4 is 5.32 Å². The topological polar surface area (TPSA) is 110 Å². The van der Waals surface area contributed by atoms with Crippen LogP contribution in [0, 0.1) is 0 Å². The van der Waals surface area contributed by atoms with Gasteiger partial charge in [0, 0.05) is 34.6 Å². The second kappa shape index (κ2) is 7.82. The number of thiophene rings is 1. The zero-order valence-electron chi connectivity index (χ0n) is 14.6. The second-order valence-electron chi connectivity index (χ2n) is 5.85. The number of nitrogens with zero attached hydrogens (tertiary/aromatic N) is 4. The number of nitrogens with one attached hydrogen (secondary N) is 1. The van der Waals surface area contributed by atoms with Crippen molar-refractivity contribution in [3.05, 3.63) is 76.9 Å². The summed E-state index contributed by atoms with van der Waals surface area (Å²) >= 11 is 7.11. The van der Waals surface area contributed by atoms with Crippen LogP contribution in [0.5, 0.6) is 0 Å². The third kappa shape index (κ3) is 3.86. The molecular weight excluding hydrogens is 414 g/mol. The highest BCUT2D eigenvalue weighted by molar-refractivity contribution is 7.14. The molecule has 3 aromatic heterocycles. The summed E-state index contributed by atoms with van der Waals surface area (Å²) in [5.41, 5.74) is 1.66. The van der Waals surface area contributed by atoms with Crippen molar-refractivity contribution in [1.29, 1.82) is 0 Å². The number of hydrogen-bond acceptors (Lipinski definition) is 6. The first-order chi connectivity index (χ1) is 14.0. The Hall–Kier alpha value is -3.56. The van der Waals surface area contributed by atoms with E-state index in [0.717, 1.165) is 5.69 Å². The summed E-state index contributed by atoms with van der Waals surface area (Å²) < 4.78 is 1.62. The minimum Gasteiger partial charge on any atom is -0.478 e. The molecule has 0 aliphatic carbocycles. The molecule has 144 valence electrons. The number of rotatable bonds is 5. The van der Waals surface area contributed by atoms with Crippen LogP contribution >= 0.6 is 22.9 Å². The van der Waals surface area contributed by atoms with Crippen LogP contribution in [-0.2, 0) is 0 Å². The molecule has 29 heavy (non-hydrogen) atoms. The number of anilines is 1. The van der Waals surface area contributed by atoms with Crippen molar-refractivity contribution in [3.8, 4) is 16.1 Å². The van der Waals surface area contributed by atoms with E-state index in [-0.39, 0.29) is 16.9 Å². The standard InChI is InChI=1S/C19H12ClN5O3S/c20-12-1-3-13(4-2-12)25-9-11(7-23-25)17-16(19(27)28)15(10-29-17)24-18(26)14-8-21-5-6-22-14/h1-10H,(H,24,26)(H,27,28). The van der Waals surface area contributed by atoms with Crippen LogP contribution in [0.2, 0.25) is 5.02 Å². The lowest BCUT2D eigenvalue weighted by Gasteiger charge is -2.05. The molecule has 4 aromatic rings. The minimum absolute atomic E-state index is 0.0112. The molecule has 0 aliphatic rings. The molecule has 3 heterocycles. The second-order valence-corrected chi connectivity index (χ2v) is 7.17. The Balaban J connectivity index is 1.66. The van der Waals surface area contributed by atoms with Crippen LogP contribution in [0.3, 0.4) is 0 Å². The molecule has 1 aromatic carbocycles. The first-order valence-corrected chi connectivity index (χ1v) is 9.52. The molecule has 2 N–H and O–H groups in total. The Labute approximate surface area is 173 Å². The monoisotopic (exact) mass is 425 g/mol. The van der Waals surface area contributed by atoms with Crippen molar-refractivity contribution in [2.24, 2.45) is 0 Å². The maximum Gasteiger partial charge on any atom is 0.339 e. The van der Waals surface area contributed by atoms with E-state index in [1.165, 1.54) is 29.9 Å². The Morgan fingerprint density at radius 1 is 1.14 bits per heavy atom. The number of carboxylic acids is 1. The van der Waals surface area contributed by atoms with Crippen LogP contribution in [0.15, 0.2) is 60.6 Å². The molecule has 0 saturated carbocycles. The molecule has 8 nitrogen and oxygen atoms in total. The van der Waals surface area contributed by atoms with E-state index in [1.807, 2.05) is 0 Å². The van der Waals surface area contributed by atoms with E-state index in [1.54, 1.807) is 46.7 Å². The molecule has 0 atom stereocenters. The van der Waals surface area contributed by atoms with Gasteiger partial charge in [0.25, 0.3) is 5.91 Å². The summed E-state index contributed by atoms with van der Waals surface area (Å²) in [5.74, 6) is -1.70. The van der Waals surface area contributed by atoms with Gasteiger partial charge >= 0.3 is 5.97 Å². The molecule has 1 amide bonds. The fourth-order valence-electron chi connectivity index (χ4n) is 2.65. The molecule has 0 fully saturated rings. The first kappa shape index (κ1) is 18.8. The molecule has 10 heteroatoms. The summed E-state index contributed by atoms with van der Waals surface area (Å²) in [6, 6.07) is 7.09. The van der Waals surface area contributed by atoms with Crippen molar-refractivity contribution in [2.75, 3.05) is 5.32 Å². The van der Waals surface area contributed by atoms with Gasteiger partial charge in [0.2, 0.25) is 0 Å². The fraction of sp³-hybridized carbons (Fsp3) is 0. The predicted octanol–water partition coefficient (Wildman–Crippen LogP) is 3.99. The molecule has 0 aliphatic heterocycles.